The maximum atomic E-state index is 14.8. The van der Waals surface area contributed by atoms with E-state index in [0.717, 1.165) is 63.5 Å². The zero-order chi connectivity index (χ0) is 40.3. The minimum absolute atomic E-state index is 0.0196. The highest BCUT2D eigenvalue weighted by Crippen LogP contribution is 2.48. The summed E-state index contributed by atoms with van der Waals surface area (Å²) >= 11 is 0. The zero-order valence-electron chi connectivity index (χ0n) is 31.4. The molecule has 0 amide bonds. The van der Waals surface area contributed by atoms with Gasteiger partial charge in [-0.15, -0.1) is 6.42 Å². The molecule has 5 rings (SSSR count). The Labute approximate surface area is 324 Å². The van der Waals surface area contributed by atoms with E-state index >= 15 is 0 Å². The van der Waals surface area contributed by atoms with Crippen molar-refractivity contribution in [1.29, 1.82) is 0 Å². The SMILES string of the molecule is C#C[C@]1(CO[P@@](=O)(N[C@@H](Cc2cc(F)cc(F)c2)C(=O)OCC(CCCCC)CCCCC)Oc2ccccc2)O[C@@H](n2cnc3c(N)nc(F)nc32)C[C@@H]1O. The highest BCUT2D eigenvalue weighted by molar-refractivity contribution is 7.52. The summed E-state index contributed by atoms with van der Waals surface area (Å²) < 4.78 is 82.6. The molecule has 1 saturated heterocycles. The Kier molecular flexibility index (Phi) is 14.9. The minimum Gasteiger partial charge on any atom is -0.464 e. The van der Waals surface area contributed by atoms with Crippen molar-refractivity contribution in [2.24, 2.45) is 5.92 Å². The van der Waals surface area contributed by atoms with E-state index in [0.29, 0.717) is 6.07 Å². The number of nitrogens with zero attached hydrogens (tertiary/aromatic N) is 4. The number of carbonyl (C=O) groups excluding carboxylic acids is 1. The molecular weight excluding hydrogens is 752 g/mol. The van der Waals surface area contributed by atoms with Crippen LogP contribution in [0.25, 0.3) is 11.2 Å². The van der Waals surface area contributed by atoms with E-state index in [-0.39, 0.29) is 53.7 Å². The number of esters is 1. The number of aliphatic hydroxyl groups excluding tert-OH is 1. The van der Waals surface area contributed by atoms with Crippen LogP contribution in [0.5, 0.6) is 5.75 Å². The van der Waals surface area contributed by atoms with Crippen molar-refractivity contribution in [2.75, 3.05) is 18.9 Å². The Morgan fingerprint density at radius 1 is 1.11 bits per heavy atom. The molecule has 302 valence electrons. The zero-order valence-corrected chi connectivity index (χ0v) is 32.3. The van der Waals surface area contributed by atoms with Gasteiger partial charge in [-0.05, 0) is 55.0 Å². The molecule has 0 bridgehead atoms. The number of para-hydroxylation sites is 1. The minimum atomic E-state index is -4.70. The van der Waals surface area contributed by atoms with Crippen LogP contribution >= 0.6 is 7.75 Å². The van der Waals surface area contributed by atoms with E-state index in [2.05, 4.69) is 39.8 Å². The standard InChI is InChI=1S/C39H48F3N6O7P/c1-4-7-10-14-26(15-11-8-5-2)23-52-37(50)31(20-27-18-28(40)21-29(41)19-27)47-56(51,55-30-16-12-9-13-17-30)53-24-39(6-3)32(49)22-33(54-39)48-25-44-34-35(43)45-38(42)46-36(34)48/h3,9,12-13,16-19,21,25-26,31-33,49H,4-5,7-8,10-11,14-15,20,22-24H2,1-2H3,(H,47,51)(H2,43,45,46)/t31-,32-,33+,39+,56-/m0/s1. The first-order chi connectivity index (χ1) is 26.9. The molecular formula is C39H48F3N6O7P. The molecule has 0 radical (unpaired) electrons. The van der Waals surface area contributed by atoms with Crippen molar-refractivity contribution < 1.29 is 46.2 Å². The molecule has 0 aliphatic carbocycles. The number of ether oxygens (including phenoxy) is 2. The highest BCUT2D eigenvalue weighted by atomic mass is 31.2. The number of imidazole rings is 1. The van der Waals surface area contributed by atoms with Crippen LogP contribution < -0.4 is 15.3 Å². The van der Waals surface area contributed by atoms with Gasteiger partial charge < -0.3 is 24.8 Å². The third kappa shape index (κ3) is 11.1. The van der Waals surface area contributed by atoms with Gasteiger partial charge in [-0.2, -0.15) is 19.4 Å². The fourth-order valence-electron chi connectivity index (χ4n) is 6.55. The summed E-state index contributed by atoms with van der Waals surface area (Å²) in [5.74, 6) is -0.278. The van der Waals surface area contributed by atoms with Crippen LogP contribution in [0.2, 0.25) is 0 Å². The molecule has 4 aromatic rings. The molecule has 1 aliphatic rings. The Bertz CT molecular complexity index is 1990. The number of halogens is 3. The van der Waals surface area contributed by atoms with E-state index in [1.165, 1.54) is 23.0 Å². The van der Waals surface area contributed by atoms with E-state index < -0.39 is 62.0 Å². The molecule has 3 heterocycles. The maximum Gasteiger partial charge on any atom is 0.459 e. The third-order valence-corrected chi connectivity index (χ3v) is 11.1. The largest absolute Gasteiger partial charge is 0.464 e. The summed E-state index contributed by atoms with van der Waals surface area (Å²) in [6.45, 7) is 3.55. The summed E-state index contributed by atoms with van der Waals surface area (Å²) in [5, 5.41) is 13.9. The lowest BCUT2D eigenvalue weighted by Crippen LogP contribution is -2.44. The van der Waals surface area contributed by atoms with Crippen LogP contribution in [0, 0.1) is 36.0 Å². The van der Waals surface area contributed by atoms with Gasteiger partial charge in [0, 0.05) is 12.5 Å². The van der Waals surface area contributed by atoms with Gasteiger partial charge in [-0.25, -0.2) is 18.3 Å². The molecule has 0 saturated carbocycles. The number of carbonyl (C=O) groups is 1. The smallest absolute Gasteiger partial charge is 0.459 e. The molecule has 56 heavy (non-hydrogen) atoms. The van der Waals surface area contributed by atoms with Crippen LogP contribution in [0.15, 0.2) is 54.9 Å². The fraction of sp³-hybridized carbons (Fsp3) is 0.487. The summed E-state index contributed by atoms with van der Waals surface area (Å²) in [5.41, 5.74) is 3.99. The van der Waals surface area contributed by atoms with E-state index in [1.807, 2.05) is 0 Å². The lowest BCUT2D eigenvalue weighted by atomic mass is 9.96. The summed E-state index contributed by atoms with van der Waals surface area (Å²) in [4.78, 5) is 25.3. The number of aromatic nitrogens is 4. The fourth-order valence-corrected chi connectivity index (χ4v) is 8.07. The third-order valence-electron chi connectivity index (χ3n) is 9.56. The Hall–Kier alpha value is -4.52. The summed E-state index contributed by atoms with van der Waals surface area (Å²) in [6, 6.07) is 9.21. The lowest BCUT2D eigenvalue weighted by Gasteiger charge is -2.30. The molecule has 2 aromatic heterocycles. The number of aliphatic hydroxyl groups is 1. The van der Waals surface area contributed by atoms with Crippen molar-refractivity contribution in [3.05, 3.63) is 78.1 Å². The first-order valence-corrected chi connectivity index (χ1v) is 20.3. The van der Waals surface area contributed by atoms with Crippen LogP contribution in [0.4, 0.5) is 19.0 Å². The average molecular weight is 801 g/mol. The van der Waals surface area contributed by atoms with Gasteiger partial charge in [0.05, 0.1) is 12.9 Å². The number of nitrogen functional groups attached to an aromatic ring is 1. The molecule has 1 fully saturated rings. The summed E-state index contributed by atoms with van der Waals surface area (Å²) in [7, 11) is -4.70. The number of fused-ring (bicyclic) bond motifs is 1. The molecule has 2 aromatic carbocycles. The number of benzene rings is 2. The normalized spacial score (nSPS) is 19.8. The van der Waals surface area contributed by atoms with Gasteiger partial charge in [0.1, 0.15) is 42.4 Å². The predicted molar refractivity (Wildman–Crippen MR) is 202 cm³/mol. The molecule has 17 heteroatoms. The van der Waals surface area contributed by atoms with Crippen LogP contribution in [-0.2, 0) is 29.8 Å². The number of nitrogens with two attached hydrogens (primary N) is 1. The molecule has 4 N–H and O–H groups in total. The number of nitrogens with one attached hydrogen (secondary N) is 1. The van der Waals surface area contributed by atoms with Gasteiger partial charge >= 0.3 is 19.8 Å². The topological polar surface area (TPSA) is 173 Å². The molecule has 0 spiro atoms. The van der Waals surface area contributed by atoms with Crippen LogP contribution in [0.3, 0.4) is 0 Å². The predicted octanol–water partition coefficient (Wildman–Crippen LogP) is 7.20. The number of anilines is 1. The molecule has 1 aliphatic heterocycles. The number of terminal acetylenes is 1. The lowest BCUT2D eigenvalue weighted by molar-refractivity contribution is -0.147. The van der Waals surface area contributed by atoms with Gasteiger partial charge in [0.2, 0.25) is 0 Å². The Balaban J connectivity index is 1.41. The summed E-state index contributed by atoms with van der Waals surface area (Å²) in [6.07, 6.45) is 10.8. The quantitative estimate of drug-likeness (QED) is 0.0255. The number of hydrogen-bond acceptors (Lipinski definition) is 11. The molecule has 0 unspecified atom stereocenters. The van der Waals surface area contributed by atoms with Crippen LogP contribution in [0.1, 0.15) is 83.4 Å². The van der Waals surface area contributed by atoms with Crippen molar-refractivity contribution >= 4 is 30.7 Å². The molecule has 5 atom stereocenters. The average Bonchev–Trinajstić information content (AvgIpc) is 3.73. The number of hydrogen-bond donors (Lipinski definition) is 3. The van der Waals surface area contributed by atoms with E-state index in [4.69, 9.17) is 30.7 Å². The van der Waals surface area contributed by atoms with Gasteiger partial charge in [0.25, 0.3) is 0 Å². The number of rotatable bonds is 21. The van der Waals surface area contributed by atoms with Gasteiger partial charge in [0.15, 0.2) is 22.6 Å². The van der Waals surface area contributed by atoms with Gasteiger partial charge in [-0.3, -0.25) is 13.9 Å². The van der Waals surface area contributed by atoms with Crippen molar-refractivity contribution in [2.45, 2.75) is 102 Å². The maximum absolute atomic E-state index is 14.8. The first kappa shape index (κ1) is 42.6. The van der Waals surface area contributed by atoms with Gasteiger partial charge in [-0.1, -0.05) is 76.5 Å². The number of unbranched alkanes of at least 4 members (excludes halogenated alkanes) is 4. The van der Waals surface area contributed by atoms with Crippen molar-refractivity contribution in [3.63, 3.8) is 0 Å². The first-order valence-electron chi connectivity index (χ1n) is 18.7. The second kappa shape index (κ2) is 19.6. The molecule has 13 nitrogen and oxygen atoms in total. The van der Waals surface area contributed by atoms with Crippen molar-refractivity contribution in [3.8, 4) is 18.1 Å². The van der Waals surface area contributed by atoms with Crippen LogP contribution in [-0.4, -0.2) is 61.6 Å². The Morgan fingerprint density at radius 2 is 1.79 bits per heavy atom. The monoisotopic (exact) mass is 800 g/mol. The second-order valence-corrected chi connectivity index (χ2v) is 15.6. The second-order valence-electron chi connectivity index (χ2n) is 13.9. The highest BCUT2D eigenvalue weighted by Gasteiger charge is 2.50. The van der Waals surface area contributed by atoms with E-state index in [9.17, 15) is 27.6 Å². The van der Waals surface area contributed by atoms with E-state index in [1.54, 1.807) is 18.2 Å². The van der Waals surface area contributed by atoms with Crippen molar-refractivity contribution in [1.82, 2.24) is 24.6 Å². The Morgan fingerprint density at radius 3 is 2.43 bits per heavy atom.